The van der Waals surface area contributed by atoms with Crippen molar-refractivity contribution in [3.05, 3.63) is 0 Å². The van der Waals surface area contributed by atoms with Crippen LogP contribution < -0.4 is 0 Å². The lowest BCUT2D eigenvalue weighted by Gasteiger charge is -2.38. The van der Waals surface area contributed by atoms with Gasteiger partial charge in [-0.1, -0.05) is 27.1 Å². The van der Waals surface area contributed by atoms with Crippen molar-refractivity contribution in [2.75, 3.05) is 6.61 Å². The van der Waals surface area contributed by atoms with E-state index in [1.54, 1.807) is 0 Å². The largest absolute Gasteiger partial charge is 0.427 e. The molecule has 8 heteroatoms. The highest BCUT2D eigenvalue weighted by atomic mass is 31.0. The number of carbonyl (C=O) groups is 1. The third kappa shape index (κ3) is 5.77. The van der Waals surface area contributed by atoms with Gasteiger partial charge in [0.25, 0.3) is 0 Å². The summed E-state index contributed by atoms with van der Waals surface area (Å²) in [4.78, 5) is 12.7. The molecule has 0 aliphatic carbocycles. The van der Waals surface area contributed by atoms with Crippen LogP contribution in [0.25, 0.3) is 0 Å². The van der Waals surface area contributed by atoms with E-state index in [2.05, 4.69) is 23.0 Å². The van der Waals surface area contributed by atoms with Crippen molar-refractivity contribution < 1.29 is 28.4 Å². The lowest BCUT2D eigenvalue weighted by Crippen LogP contribution is -2.48. The molecule has 0 bridgehead atoms. The van der Waals surface area contributed by atoms with Gasteiger partial charge in [-0.25, -0.2) is 0 Å². The topological polar surface area (TPSA) is 63.2 Å². The Kier molecular flexibility index (Phi) is 8.35. The van der Waals surface area contributed by atoms with Crippen LogP contribution in [-0.4, -0.2) is 61.9 Å². The van der Waals surface area contributed by atoms with E-state index in [1.807, 2.05) is 13.7 Å². The zero-order chi connectivity index (χ0) is 20.3. The lowest BCUT2D eigenvalue weighted by molar-refractivity contribution is -0.260. The summed E-state index contributed by atoms with van der Waals surface area (Å²) in [5, 5.41) is 0. The smallest absolute Gasteiger partial charge is 0.312 e. The van der Waals surface area contributed by atoms with E-state index in [0.717, 1.165) is 25.7 Å². The highest BCUT2D eigenvalue weighted by Crippen LogP contribution is 2.33. The van der Waals surface area contributed by atoms with Crippen LogP contribution >= 0.6 is 9.12 Å². The molecule has 0 aromatic rings. The first-order valence-corrected chi connectivity index (χ1v) is 11.6. The molecule has 0 aromatic heterocycles. The highest BCUT2D eigenvalue weighted by Gasteiger charge is 2.42. The molecule has 0 radical (unpaired) electrons. The fourth-order valence-electron chi connectivity index (χ4n) is 4.59. The summed E-state index contributed by atoms with van der Waals surface area (Å²) in [6.45, 7) is 8.72. The van der Waals surface area contributed by atoms with Crippen LogP contribution in [0.15, 0.2) is 0 Å². The quantitative estimate of drug-likeness (QED) is 0.491. The predicted octanol–water partition coefficient (Wildman–Crippen LogP) is 3.23. The molecule has 1 unspecified atom stereocenters. The van der Waals surface area contributed by atoms with Crippen LogP contribution in [0.2, 0.25) is 6.82 Å². The SMILES string of the molecule is CCC[C@@H]1O[C@H](C[C@@H]2O[C@@H]3CO[C@@H](C)O[C@H]3CC[C@H]2OB(C)P)C(=O)C[C@H]1C. The molecular formula is C20H36BO6P. The molecule has 160 valence electrons. The van der Waals surface area contributed by atoms with Gasteiger partial charge in [-0.05, 0) is 32.1 Å². The Labute approximate surface area is 172 Å². The zero-order valence-corrected chi connectivity index (χ0v) is 18.8. The molecule has 3 heterocycles. The third-order valence-electron chi connectivity index (χ3n) is 6.04. The summed E-state index contributed by atoms with van der Waals surface area (Å²) >= 11 is 0. The minimum Gasteiger partial charge on any atom is -0.427 e. The van der Waals surface area contributed by atoms with E-state index in [4.69, 9.17) is 23.6 Å². The first-order valence-electron chi connectivity index (χ1n) is 10.9. The van der Waals surface area contributed by atoms with Gasteiger partial charge in [0.05, 0.1) is 31.0 Å². The summed E-state index contributed by atoms with van der Waals surface area (Å²) in [6, 6.07) is 0. The molecule has 3 fully saturated rings. The van der Waals surface area contributed by atoms with Gasteiger partial charge in [0.1, 0.15) is 12.2 Å². The van der Waals surface area contributed by atoms with Crippen molar-refractivity contribution in [3.8, 4) is 0 Å². The fraction of sp³-hybridized carbons (Fsp3) is 0.950. The molecule has 0 saturated carbocycles. The Morgan fingerprint density at radius 2 is 1.93 bits per heavy atom. The molecule has 0 amide bonds. The Morgan fingerprint density at radius 1 is 1.14 bits per heavy atom. The zero-order valence-electron chi connectivity index (χ0n) is 17.7. The predicted molar refractivity (Wildman–Crippen MR) is 111 cm³/mol. The first kappa shape index (κ1) is 22.6. The van der Waals surface area contributed by atoms with E-state index in [1.165, 1.54) is 0 Å². The van der Waals surface area contributed by atoms with E-state index in [-0.39, 0.29) is 55.1 Å². The van der Waals surface area contributed by atoms with E-state index >= 15 is 0 Å². The van der Waals surface area contributed by atoms with Crippen molar-refractivity contribution in [2.45, 2.75) is 109 Å². The Morgan fingerprint density at radius 3 is 2.64 bits per heavy atom. The number of rotatable bonds is 6. The Bertz CT molecular complexity index is 521. The number of hydrogen-bond acceptors (Lipinski definition) is 6. The standard InChI is InChI=1S/C20H36BO6P/c1-5-6-15-12(2)9-14(22)18(25-15)10-19-17(27-21(4)28)8-7-16-20(26-19)11-23-13(3)24-16/h12-13,15-20H,5-11,28H2,1-4H3/t12-,13-,15+,16+,17-,18-,19+,20-/m1/s1. The first-order chi connectivity index (χ1) is 13.4. The van der Waals surface area contributed by atoms with Crippen molar-refractivity contribution >= 4 is 21.5 Å². The van der Waals surface area contributed by atoms with Crippen LogP contribution in [-0.2, 0) is 28.4 Å². The monoisotopic (exact) mass is 414 g/mol. The van der Waals surface area contributed by atoms with Gasteiger partial charge in [0, 0.05) is 12.8 Å². The maximum atomic E-state index is 12.7. The summed E-state index contributed by atoms with van der Waals surface area (Å²) in [6.07, 6.45) is 4.00. The molecule has 6 nitrogen and oxygen atoms in total. The fourth-order valence-corrected chi connectivity index (χ4v) is 4.80. The Hall–Kier alpha value is -0.0351. The normalized spacial score (nSPS) is 42.0. The maximum absolute atomic E-state index is 12.7. The van der Waals surface area contributed by atoms with Gasteiger partial charge in [0.15, 0.2) is 12.1 Å². The summed E-state index contributed by atoms with van der Waals surface area (Å²) in [7, 11) is 2.69. The number of ketones is 1. The number of fused-ring (bicyclic) bond motifs is 1. The molecular weight excluding hydrogens is 378 g/mol. The maximum Gasteiger partial charge on any atom is 0.312 e. The van der Waals surface area contributed by atoms with Gasteiger partial charge in [0.2, 0.25) is 0 Å². The van der Waals surface area contributed by atoms with Crippen molar-refractivity contribution in [1.29, 1.82) is 0 Å². The molecule has 3 rings (SSSR count). The summed E-state index contributed by atoms with van der Waals surface area (Å²) in [5.41, 5.74) is 0. The van der Waals surface area contributed by atoms with Crippen LogP contribution in [0.4, 0.5) is 0 Å². The van der Waals surface area contributed by atoms with Gasteiger partial charge in [-0.2, -0.15) is 0 Å². The van der Waals surface area contributed by atoms with Crippen LogP contribution in [0.5, 0.6) is 0 Å². The molecule has 0 aromatic carbocycles. The summed E-state index contributed by atoms with van der Waals surface area (Å²) < 4.78 is 30.4. The van der Waals surface area contributed by atoms with Crippen molar-refractivity contribution in [2.24, 2.45) is 5.92 Å². The van der Waals surface area contributed by atoms with Crippen LogP contribution in [0.1, 0.15) is 59.3 Å². The second kappa shape index (κ2) is 10.3. The molecule has 0 N–H and O–H groups in total. The lowest BCUT2D eigenvalue weighted by atomic mass is 9.87. The molecule has 0 spiro atoms. The molecule has 9 atom stereocenters. The number of Topliss-reactive ketones (excluding diaryl/α,β-unsaturated/α-hetero) is 1. The molecule has 3 aliphatic heterocycles. The minimum atomic E-state index is -0.412. The molecule has 3 saturated heterocycles. The van der Waals surface area contributed by atoms with E-state index in [9.17, 15) is 4.79 Å². The number of ether oxygens (including phenoxy) is 4. The van der Waals surface area contributed by atoms with Gasteiger partial charge in [-0.15, -0.1) is 9.12 Å². The molecule has 3 aliphatic rings. The van der Waals surface area contributed by atoms with Gasteiger partial charge >= 0.3 is 6.64 Å². The van der Waals surface area contributed by atoms with Gasteiger partial charge < -0.3 is 23.6 Å². The second-order valence-corrected chi connectivity index (χ2v) is 9.52. The third-order valence-corrected chi connectivity index (χ3v) is 6.20. The van der Waals surface area contributed by atoms with Crippen LogP contribution in [0.3, 0.4) is 0 Å². The van der Waals surface area contributed by atoms with Crippen molar-refractivity contribution in [3.63, 3.8) is 0 Å². The summed E-state index contributed by atoms with van der Waals surface area (Å²) in [5.74, 6) is 0.468. The number of hydrogen-bond donors (Lipinski definition) is 0. The van der Waals surface area contributed by atoms with E-state index < -0.39 is 6.10 Å². The number of carbonyl (C=O) groups excluding carboxylic acids is 1. The van der Waals surface area contributed by atoms with Crippen LogP contribution in [0, 0.1) is 5.92 Å². The van der Waals surface area contributed by atoms with Gasteiger partial charge in [-0.3, -0.25) is 4.79 Å². The van der Waals surface area contributed by atoms with E-state index in [0.29, 0.717) is 19.4 Å². The highest BCUT2D eigenvalue weighted by molar-refractivity contribution is 7.60. The average molecular weight is 414 g/mol. The van der Waals surface area contributed by atoms with Crippen molar-refractivity contribution in [1.82, 2.24) is 0 Å². The minimum absolute atomic E-state index is 0.00973. The Balaban J connectivity index is 1.71. The molecule has 28 heavy (non-hydrogen) atoms. The average Bonchev–Trinajstić information content (AvgIpc) is 2.78. The second-order valence-electron chi connectivity index (χ2n) is 8.58.